The van der Waals surface area contributed by atoms with Crippen LogP contribution in [0.15, 0.2) is 36.4 Å². The Hall–Kier alpha value is -3.48. The van der Waals surface area contributed by atoms with E-state index in [2.05, 4.69) is 0 Å². The van der Waals surface area contributed by atoms with Gasteiger partial charge in [-0.2, -0.15) is 0 Å². The normalized spacial score (nSPS) is 14.8. The summed E-state index contributed by atoms with van der Waals surface area (Å²) >= 11 is 0. The first kappa shape index (κ1) is 21.2. The Morgan fingerprint density at radius 2 is 1.97 bits per heavy atom. The summed E-state index contributed by atoms with van der Waals surface area (Å²) in [5.74, 6) is 0.363. The summed E-state index contributed by atoms with van der Waals surface area (Å²) in [6, 6.07) is 8.36. The van der Waals surface area contributed by atoms with Crippen LogP contribution < -0.4 is 24.1 Å². The van der Waals surface area contributed by atoms with Crippen molar-refractivity contribution < 1.29 is 33.6 Å². The quantitative estimate of drug-likeness (QED) is 0.462. The Kier molecular flexibility index (Phi) is 6.61. The van der Waals surface area contributed by atoms with Gasteiger partial charge in [0, 0.05) is 23.1 Å². The molecule has 0 unspecified atom stereocenters. The topological polar surface area (TPSA) is 94.1 Å². The molecule has 2 aromatic carbocycles. The van der Waals surface area contributed by atoms with Crippen molar-refractivity contribution >= 4 is 17.8 Å². The van der Waals surface area contributed by atoms with Crippen LogP contribution in [0.3, 0.4) is 0 Å². The molecule has 0 amide bonds. The van der Waals surface area contributed by atoms with Crippen molar-refractivity contribution in [2.45, 2.75) is 26.4 Å². The minimum absolute atomic E-state index is 0.112. The molecule has 7 heteroatoms. The number of methoxy groups -OCH3 is 1. The van der Waals surface area contributed by atoms with Crippen molar-refractivity contribution in [2.75, 3.05) is 20.3 Å². The van der Waals surface area contributed by atoms with Crippen LogP contribution in [0.5, 0.6) is 23.0 Å². The Balaban J connectivity index is 1.82. The number of carboxylic acids is 1. The minimum Gasteiger partial charge on any atom is -0.546 e. The third-order valence-corrected chi connectivity index (χ3v) is 4.54. The maximum Gasteiger partial charge on any atom is 0.185 e. The predicted molar refractivity (Wildman–Crippen MR) is 108 cm³/mol. The van der Waals surface area contributed by atoms with Gasteiger partial charge in [-0.15, -0.1) is 0 Å². The summed E-state index contributed by atoms with van der Waals surface area (Å²) in [6.07, 6.45) is 4.07. The zero-order valence-electron chi connectivity index (χ0n) is 17.1. The monoisotopic (exact) mass is 411 g/mol. The van der Waals surface area contributed by atoms with E-state index in [1.807, 2.05) is 26.0 Å². The summed E-state index contributed by atoms with van der Waals surface area (Å²) < 4.78 is 21.8. The zero-order chi connectivity index (χ0) is 21.7. The lowest BCUT2D eigenvalue weighted by molar-refractivity contribution is -0.307. The number of ketones is 1. The second-order valence-corrected chi connectivity index (χ2v) is 6.79. The molecular weight excluding hydrogens is 388 g/mol. The van der Waals surface area contributed by atoms with Crippen LogP contribution in [0.25, 0.3) is 6.08 Å². The summed E-state index contributed by atoms with van der Waals surface area (Å²) in [5.41, 5.74) is 2.21. The molecule has 0 bridgehead atoms. The van der Waals surface area contributed by atoms with Crippen LogP contribution in [0.2, 0.25) is 0 Å². The number of fused-ring (bicyclic) bond motifs is 1. The average molecular weight is 411 g/mol. The Morgan fingerprint density at radius 1 is 1.17 bits per heavy atom. The van der Waals surface area contributed by atoms with Crippen LogP contribution in [0, 0.1) is 0 Å². The standard InChI is InChI=1S/C23H24O7/c1-4-28-20-12-17-9-14(2)30-21(17)11-16(20)5-7-18(24)15-6-8-19(22(10-15)27-3)29-13-23(25)26/h5-8,10-12,14H,4,9,13H2,1-3H3,(H,25,26)/p-1/b7-5+/t14-/m0/s1. The number of allylic oxidation sites excluding steroid dienone is 1. The molecule has 0 aliphatic carbocycles. The van der Waals surface area contributed by atoms with Crippen LogP contribution in [-0.2, 0) is 11.2 Å². The van der Waals surface area contributed by atoms with E-state index in [9.17, 15) is 14.7 Å². The largest absolute Gasteiger partial charge is 0.546 e. The molecule has 0 aromatic heterocycles. The molecule has 158 valence electrons. The highest BCUT2D eigenvalue weighted by molar-refractivity contribution is 6.07. The number of ether oxygens (including phenoxy) is 4. The highest BCUT2D eigenvalue weighted by atomic mass is 16.5. The molecular formula is C23H23O7-. The Bertz CT molecular complexity index is 978. The Labute approximate surface area is 174 Å². The van der Waals surface area contributed by atoms with Crippen molar-refractivity contribution in [3.05, 3.63) is 53.1 Å². The van der Waals surface area contributed by atoms with Crippen LogP contribution in [-0.4, -0.2) is 38.2 Å². The molecule has 30 heavy (non-hydrogen) atoms. The highest BCUT2D eigenvalue weighted by Crippen LogP contribution is 2.36. The van der Waals surface area contributed by atoms with E-state index in [1.165, 1.54) is 31.4 Å². The van der Waals surface area contributed by atoms with Gasteiger partial charge in [0.15, 0.2) is 17.3 Å². The molecule has 2 aromatic rings. The van der Waals surface area contributed by atoms with Crippen LogP contribution in [0.1, 0.15) is 35.3 Å². The van der Waals surface area contributed by atoms with Gasteiger partial charge < -0.3 is 28.8 Å². The lowest BCUT2D eigenvalue weighted by Gasteiger charge is -2.12. The average Bonchev–Trinajstić information content (AvgIpc) is 3.09. The lowest BCUT2D eigenvalue weighted by atomic mass is 10.0. The van der Waals surface area contributed by atoms with E-state index >= 15 is 0 Å². The maximum atomic E-state index is 12.7. The van der Waals surface area contributed by atoms with E-state index in [-0.39, 0.29) is 23.4 Å². The number of hydrogen-bond donors (Lipinski definition) is 0. The van der Waals surface area contributed by atoms with E-state index in [0.717, 1.165) is 23.3 Å². The Morgan fingerprint density at radius 3 is 2.67 bits per heavy atom. The fraction of sp³-hybridized carbons (Fsp3) is 0.304. The number of rotatable bonds is 9. The summed E-state index contributed by atoms with van der Waals surface area (Å²) in [7, 11) is 1.41. The molecule has 0 radical (unpaired) electrons. The van der Waals surface area contributed by atoms with Gasteiger partial charge in [0.05, 0.1) is 19.7 Å². The molecule has 1 atom stereocenters. The number of aliphatic carboxylic acids is 1. The van der Waals surface area contributed by atoms with Gasteiger partial charge >= 0.3 is 0 Å². The fourth-order valence-corrected chi connectivity index (χ4v) is 3.20. The van der Waals surface area contributed by atoms with Gasteiger partial charge in [0.25, 0.3) is 0 Å². The van der Waals surface area contributed by atoms with Gasteiger partial charge in [-0.1, -0.05) is 0 Å². The second-order valence-electron chi connectivity index (χ2n) is 6.79. The van der Waals surface area contributed by atoms with E-state index in [0.29, 0.717) is 17.9 Å². The molecule has 0 N–H and O–H groups in total. The third kappa shape index (κ3) is 4.92. The summed E-state index contributed by atoms with van der Waals surface area (Å²) in [4.78, 5) is 23.2. The number of carbonyl (C=O) groups is 2. The molecule has 1 aliphatic rings. The first-order valence-corrected chi connectivity index (χ1v) is 9.60. The number of carbonyl (C=O) groups excluding carboxylic acids is 2. The van der Waals surface area contributed by atoms with Gasteiger partial charge in [0.1, 0.15) is 24.2 Å². The first-order chi connectivity index (χ1) is 14.4. The van der Waals surface area contributed by atoms with Crippen molar-refractivity contribution in [1.82, 2.24) is 0 Å². The zero-order valence-corrected chi connectivity index (χ0v) is 17.1. The minimum atomic E-state index is -1.35. The summed E-state index contributed by atoms with van der Waals surface area (Å²) in [5, 5.41) is 10.6. The van der Waals surface area contributed by atoms with Crippen LogP contribution in [0.4, 0.5) is 0 Å². The molecule has 3 rings (SSSR count). The number of carboxylic acid groups (broad SMARTS) is 1. The van der Waals surface area contributed by atoms with Gasteiger partial charge in [0.2, 0.25) is 0 Å². The predicted octanol–water partition coefficient (Wildman–Crippen LogP) is 2.44. The van der Waals surface area contributed by atoms with E-state index in [4.69, 9.17) is 18.9 Å². The smallest absolute Gasteiger partial charge is 0.185 e. The molecule has 0 saturated heterocycles. The van der Waals surface area contributed by atoms with E-state index in [1.54, 1.807) is 6.08 Å². The molecule has 1 heterocycles. The molecule has 0 spiro atoms. The van der Waals surface area contributed by atoms with Crippen LogP contribution >= 0.6 is 0 Å². The molecule has 7 nitrogen and oxygen atoms in total. The highest BCUT2D eigenvalue weighted by Gasteiger charge is 2.21. The van der Waals surface area contributed by atoms with Gasteiger partial charge in [-0.05, 0) is 56.3 Å². The van der Waals surface area contributed by atoms with Gasteiger partial charge in [-0.3, -0.25) is 4.79 Å². The van der Waals surface area contributed by atoms with Crippen molar-refractivity contribution in [1.29, 1.82) is 0 Å². The summed E-state index contributed by atoms with van der Waals surface area (Å²) in [6.45, 7) is 3.81. The van der Waals surface area contributed by atoms with Gasteiger partial charge in [-0.25, -0.2) is 0 Å². The number of hydrogen-bond acceptors (Lipinski definition) is 7. The molecule has 0 saturated carbocycles. The van der Waals surface area contributed by atoms with Crippen molar-refractivity contribution in [2.24, 2.45) is 0 Å². The number of benzene rings is 2. The second kappa shape index (κ2) is 9.35. The third-order valence-electron chi connectivity index (χ3n) is 4.54. The lowest BCUT2D eigenvalue weighted by Crippen LogP contribution is -2.29. The van der Waals surface area contributed by atoms with Crippen molar-refractivity contribution in [3.63, 3.8) is 0 Å². The molecule has 1 aliphatic heterocycles. The first-order valence-electron chi connectivity index (χ1n) is 9.60. The SMILES string of the molecule is CCOc1cc2c(cc1/C=C/C(=O)c1ccc(OCC(=O)[O-])c(OC)c1)O[C@@H](C)C2. The molecule has 0 fully saturated rings. The van der Waals surface area contributed by atoms with E-state index < -0.39 is 12.6 Å². The fourth-order valence-electron chi connectivity index (χ4n) is 3.20. The van der Waals surface area contributed by atoms with Crippen molar-refractivity contribution in [3.8, 4) is 23.0 Å². The maximum absolute atomic E-state index is 12.7.